The Morgan fingerprint density at radius 3 is 2.85 bits per heavy atom. The van der Waals surface area contributed by atoms with Crippen LogP contribution in [0.1, 0.15) is 9.67 Å². The summed E-state index contributed by atoms with van der Waals surface area (Å²) in [6.45, 7) is -0.372. The van der Waals surface area contributed by atoms with Crippen molar-refractivity contribution in [2.24, 2.45) is 10.2 Å². The van der Waals surface area contributed by atoms with E-state index in [9.17, 15) is 24.8 Å². The van der Waals surface area contributed by atoms with Gasteiger partial charge in [0.05, 0.1) is 15.3 Å². The molecule has 26 heavy (non-hydrogen) atoms. The zero-order valence-electron chi connectivity index (χ0n) is 13.0. The summed E-state index contributed by atoms with van der Waals surface area (Å²) in [4.78, 5) is 36.8. The molecule has 0 unspecified atom stereocenters. The third-order valence-corrected chi connectivity index (χ3v) is 4.22. The number of nitrogens with one attached hydrogen (secondary N) is 2. The van der Waals surface area contributed by atoms with E-state index in [0.717, 1.165) is 0 Å². The average molecular weight is 373 g/mol. The van der Waals surface area contributed by atoms with Crippen molar-refractivity contribution in [3.63, 3.8) is 0 Å². The zero-order valence-corrected chi connectivity index (χ0v) is 13.8. The molecule has 10 nitrogen and oxygen atoms in total. The fourth-order valence-electron chi connectivity index (χ4n) is 2.16. The van der Waals surface area contributed by atoms with Crippen LogP contribution in [-0.2, 0) is 4.79 Å². The second-order valence-corrected chi connectivity index (χ2v) is 6.01. The van der Waals surface area contributed by atoms with Gasteiger partial charge in [0.2, 0.25) is 5.88 Å². The number of fused-ring (bicyclic) bond motifs is 1. The molecule has 0 aliphatic rings. The van der Waals surface area contributed by atoms with Gasteiger partial charge in [-0.1, -0.05) is 6.07 Å². The molecular formula is C15H11N5O5S. The summed E-state index contributed by atoms with van der Waals surface area (Å²) in [5, 5.41) is 32.2. The first kappa shape index (κ1) is 17.2. The Morgan fingerprint density at radius 1 is 1.35 bits per heavy atom. The molecule has 0 spiro atoms. The Hall–Kier alpha value is -3.60. The number of hydrogen-bond donors (Lipinski definition) is 3. The number of rotatable bonds is 5. The molecule has 0 saturated heterocycles. The first-order valence-corrected chi connectivity index (χ1v) is 8.09. The van der Waals surface area contributed by atoms with Crippen molar-refractivity contribution in [3.05, 3.63) is 50.7 Å². The Balaban J connectivity index is 1.74. The molecule has 2 aromatic heterocycles. The monoisotopic (exact) mass is 373 g/mol. The van der Waals surface area contributed by atoms with E-state index in [2.05, 4.69) is 20.5 Å². The van der Waals surface area contributed by atoms with Gasteiger partial charge < -0.3 is 15.4 Å². The van der Waals surface area contributed by atoms with Gasteiger partial charge in [-0.25, -0.2) is 0 Å². The van der Waals surface area contributed by atoms with Crippen molar-refractivity contribution in [2.45, 2.75) is 0 Å². The van der Waals surface area contributed by atoms with Gasteiger partial charge in [-0.3, -0.25) is 19.7 Å². The lowest BCUT2D eigenvalue weighted by Crippen LogP contribution is -2.27. The first-order chi connectivity index (χ1) is 12.5. The van der Waals surface area contributed by atoms with Crippen LogP contribution in [0.2, 0.25) is 0 Å². The van der Waals surface area contributed by atoms with E-state index in [4.69, 9.17) is 0 Å². The molecule has 11 heteroatoms. The number of aromatic hydroxyl groups is 1. The lowest BCUT2D eigenvalue weighted by Gasteiger charge is -1.99. The second-order valence-electron chi connectivity index (χ2n) is 5.06. The number of nitro groups is 1. The number of amides is 2. The number of H-pyrrole nitrogens is 1. The minimum atomic E-state index is -0.742. The number of thiophene rings is 1. The topological polar surface area (TPSA) is 150 Å². The predicted octanol–water partition coefficient (Wildman–Crippen LogP) is 2.88. The van der Waals surface area contributed by atoms with Crippen LogP contribution < -0.4 is 5.32 Å². The summed E-state index contributed by atoms with van der Waals surface area (Å²) in [7, 11) is 0. The van der Waals surface area contributed by atoms with Crippen LogP contribution in [0.5, 0.6) is 5.88 Å². The lowest BCUT2D eigenvalue weighted by molar-refractivity contribution is -0.384. The van der Waals surface area contributed by atoms with Gasteiger partial charge in [0.1, 0.15) is 6.54 Å². The van der Waals surface area contributed by atoms with Crippen LogP contribution >= 0.6 is 11.3 Å². The quantitative estimate of drug-likeness (QED) is 0.357. The molecule has 132 valence electrons. The number of nitrogens with zero attached hydrogens (tertiary/aromatic N) is 3. The van der Waals surface area contributed by atoms with Gasteiger partial charge >= 0.3 is 0 Å². The summed E-state index contributed by atoms with van der Waals surface area (Å²) >= 11 is 1.23. The highest BCUT2D eigenvalue weighted by Gasteiger charge is 2.15. The Bertz CT molecular complexity index is 1020. The molecule has 3 aromatic rings. The molecule has 2 heterocycles. The summed E-state index contributed by atoms with van der Waals surface area (Å²) in [6.07, 6.45) is 0. The smallest absolute Gasteiger partial charge is 0.283 e. The van der Waals surface area contributed by atoms with Crippen LogP contribution in [0.15, 0.2) is 45.9 Å². The minimum Gasteiger partial charge on any atom is -0.493 e. The molecule has 0 atom stereocenters. The van der Waals surface area contributed by atoms with E-state index in [1.807, 2.05) is 0 Å². The van der Waals surface area contributed by atoms with Gasteiger partial charge in [-0.15, -0.1) is 21.6 Å². The number of carbonyl (C=O) groups excluding carboxylic acids is 2. The van der Waals surface area contributed by atoms with Gasteiger partial charge in [0.15, 0.2) is 5.69 Å². The van der Waals surface area contributed by atoms with Crippen molar-refractivity contribution < 1.29 is 19.6 Å². The molecule has 2 amide bonds. The van der Waals surface area contributed by atoms with Crippen LogP contribution in [0.25, 0.3) is 10.9 Å². The summed E-state index contributed by atoms with van der Waals surface area (Å²) in [6, 6.07) is 7.21. The summed E-state index contributed by atoms with van der Waals surface area (Å²) in [5.41, 5.74) is 0.115. The van der Waals surface area contributed by atoms with Crippen molar-refractivity contribution in [3.8, 4) is 5.88 Å². The van der Waals surface area contributed by atoms with Crippen molar-refractivity contribution in [1.82, 2.24) is 10.3 Å². The lowest BCUT2D eigenvalue weighted by atomic mass is 10.2. The van der Waals surface area contributed by atoms with E-state index in [-0.39, 0.29) is 29.2 Å². The molecule has 0 fully saturated rings. The molecule has 0 radical (unpaired) electrons. The highest BCUT2D eigenvalue weighted by Crippen LogP contribution is 2.37. The number of azo groups is 1. The van der Waals surface area contributed by atoms with E-state index < -0.39 is 16.7 Å². The van der Waals surface area contributed by atoms with Crippen molar-refractivity contribution in [1.29, 1.82) is 0 Å². The van der Waals surface area contributed by atoms with Gasteiger partial charge in [-0.2, -0.15) is 0 Å². The molecule has 3 N–H and O–H groups in total. The maximum absolute atomic E-state index is 11.8. The first-order valence-electron chi connectivity index (χ1n) is 7.21. The Labute approximate surface area is 149 Å². The van der Waals surface area contributed by atoms with E-state index in [1.165, 1.54) is 29.5 Å². The normalized spacial score (nSPS) is 11.1. The molecule has 0 bridgehead atoms. The van der Waals surface area contributed by atoms with Crippen molar-refractivity contribution >= 4 is 45.4 Å². The number of nitro benzene ring substituents is 1. The highest BCUT2D eigenvalue weighted by atomic mass is 32.1. The number of aromatic amines is 1. The average Bonchev–Trinajstić information content (AvgIpc) is 3.24. The Kier molecular flexibility index (Phi) is 4.71. The highest BCUT2D eigenvalue weighted by molar-refractivity contribution is 7.12. The van der Waals surface area contributed by atoms with Crippen LogP contribution in [0.4, 0.5) is 11.4 Å². The third kappa shape index (κ3) is 3.57. The van der Waals surface area contributed by atoms with E-state index >= 15 is 0 Å². The van der Waals surface area contributed by atoms with Gasteiger partial charge in [0, 0.05) is 17.5 Å². The maximum atomic E-state index is 11.8. The maximum Gasteiger partial charge on any atom is 0.283 e. The summed E-state index contributed by atoms with van der Waals surface area (Å²) in [5.74, 6) is -1.53. The fourth-order valence-corrected chi connectivity index (χ4v) is 2.80. The van der Waals surface area contributed by atoms with Gasteiger partial charge in [-0.05, 0) is 17.5 Å². The second kappa shape index (κ2) is 7.11. The van der Waals surface area contributed by atoms with Crippen LogP contribution in [-0.4, -0.2) is 33.4 Å². The summed E-state index contributed by atoms with van der Waals surface area (Å²) < 4.78 is 0. The van der Waals surface area contributed by atoms with E-state index in [1.54, 1.807) is 17.5 Å². The fraction of sp³-hybridized carbons (Fsp3) is 0.0667. The third-order valence-electron chi connectivity index (χ3n) is 3.35. The molecule has 0 saturated carbocycles. The predicted molar refractivity (Wildman–Crippen MR) is 92.8 cm³/mol. The van der Waals surface area contributed by atoms with Crippen LogP contribution in [0, 0.1) is 10.1 Å². The standard InChI is InChI=1S/C15H11N5O5S/c21-12(7-16-14(22)11-2-1-5-26-11)18-19-13-9-6-8(20(24)25)3-4-10(9)17-15(13)23/h1-6,17,23H,7H2,(H,16,22). The van der Waals surface area contributed by atoms with Crippen molar-refractivity contribution in [2.75, 3.05) is 6.54 Å². The number of carbonyl (C=O) groups is 2. The number of aromatic nitrogens is 1. The molecule has 1 aromatic carbocycles. The molecule has 0 aliphatic carbocycles. The van der Waals surface area contributed by atoms with Crippen LogP contribution in [0.3, 0.4) is 0 Å². The Morgan fingerprint density at radius 2 is 2.15 bits per heavy atom. The number of non-ortho nitro benzene ring substituents is 1. The SMILES string of the molecule is O=C(CNC(=O)c1cccs1)N=Nc1c(O)[nH]c2ccc([N+](=O)[O-])cc12. The number of hydrogen-bond acceptors (Lipinski definition) is 7. The molecule has 3 rings (SSSR count). The minimum absolute atomic E-state index is 0.0957. The molecule has 0 aliphatic heterocycles. The number of benzene rings is 1. The largest absolute Gasteiger partial charge is 0.493 e. The molecular weight excluding hydrogens is 362 g/mol. The van der Waals surface area contributed by atoms with E-state index in [0.29, 0.717) is 10.4 Å². The van der Waals surface area contributed by atoms with Gasteiger partial charge in [0.25, 0.3) is 17.5 Å². The zero-order chi connectivity index (χ0) is 18.7.